The van der Waals surface area contributed by atoms with Crippen molar-refractivity contribution in [3.05, 3.63) is 23.8 Å². The van der Waals surface area contributed by atoms with Crippen molar-refractivity contribution in [1.82, 2.24) is 0 Å². The summed E-state index contributed by atoms with van der Waals surface area (Å²) in [5.41, 5.74) is 1.16. The molecule has 4 rings (SSSR count). The Morgan fingerprint density at radius 3 is 3.05 bits per heavy atom. The van der Waals surface area contributed by atoms with Gasteiger partial charge in [0.2, 0.25) is 0 Å². The fraction of sp³-hybridized carbons (Fsp3) is 0.611. The number of benzene rings is 1. The average Bonchev–Trinajstić information content (AvgIpc) is 2.84. The van der Waals surface area contributed by atoms with Gasteiger partial charge in [-0.05, 0) is 49.1 Å². The van der Waals surface area contributed by atoms with E-state index in [9.17, 15) is 9.90 Å². The van der Waals surface area contributed by atoms with Crippen LogP contribution in [0.1, 0.15) is 50.5 Å². The van der Waals surface area contributed by atoms with Crippen molar-refractivity contribution in [2.75, 3.05) is 6.61 Å². The molecule has 1 aromatic carbocycles. The summed E-state index contributed by atoms with van der Waals surface area (Å²) in [4.78, 5) is 12.5. The molecule has 0 bridgehead atoms. The Bertz CT molecular complexity index is 594. The van der Waals surface area contributed by atoms with Crippen LogP contribution in [-0.2, 0) is 4.79 Å². The normalized spacial score (nSPS) is 37.4. The standard InChI is InChI=1S/C18H22O3/c1-2-18-8-7-12-13-4-3-11(19)9-16(13)21-10-14(12)15(18)5-6-17(18)20/h3-4,9,12,14-15,19H,2,5-8,10H2,1H3/t12-,14+,15+,18+/m1/s1. The number of phenolic OH excluding ortho intramolecular Hbond substituents is 1. The van der Waals surface area contributed by atoms with Gasteiger partial charge in [-0.3, -0.25) is 4.79 Å². The van der Waals surface area contributed by atoms with Gasteiger partial charge in [0.05, 0.1) is 6.61 Å². The Kier molecular flexibility index (Phi) is 2.82. The first-order valence-corrected chi connectivity index (χ1v) is 8.15. The number of hydrogen-bond donors (Lipinski definition) is 1. The van der Waals surface area contributed by atoms with Gasteiger partial charge in [0, 0.05) is 23.8 Å². The van der Waals surface area contributed by atoms with Gasteiger partial charge in [0.1, 0.15) is 17.3 Å². The van der Waals surface area contributed by atoms with Crippen molar-refractivity contribution in [3.63, 3.8) is 0 Å². The fourth-order valence-corrected chi connectivity index (χ4v) is 5.27. The van der Waals surface area contributed by atoms with Gasteiger partial charge in [-0.2, -0.15) is 0 Å². The zero-order valence-electron chi connectivity index (χ0n) is 12.5. The second kappa shape index (κ2) is 4.49. The van der Waals surface area contributed by atoms with E-state index in [1.807, 2.05) is 6.07 Å². The van der Waals surface area contributed by atoms with Crippen molar-refractivity contribution in [3.8, 4) is 11.5 Å². The van der Waals surface area contributed by atoms with Crippen LogP contribution in [0.25, 0.3) is 0 Å². The molecule has 0 amide bonds. The summed E-state index contributed by atoms with van der Waals surface area (Å²) in [6, 6.07) is 5.50. The third-order valence-corrected chi connectivity index (χ3v) is 6.34. The maximum Gasteiger partial charge on any atom is 0.139 e. The lowest BCUT2D eigenvalue weighted by Gasteiger charge is -2.49. The van der Waals surface area contributed by atoms with Crippen molar-refractivity contribution in [2.24, 2.45) is 17.3 Å². The van der Waals surface area contributed by atoms with Gasteiger partial charge < -0.3 is 9.84 Å². The van der Waals surface area contributed by atoms with Gasteiger partial charge in [0.15, 0.2) is 0 Å². The zero-order valence-corrected chi connectivity index (χ0v) is 12.5. The molecule has 0 radical (unpaired) electrons. The van der Waals surface area contributed by atoms with Gasteiger partial charge in [-0.1, -0.05) is 13.0 Å². The maximum absolute atomic E-state index is 12.5. The Morgan fingerprint density at radius 1 is 1.38 bits per heavy atom. The molecule has 0 aromatic heterocycles. The molecule has 0 unspecified atom stereocenters. The Morgan fingerprint density at radius 2 is 2.24 bits per heavy atom. The molecule has 0 spiro atoms. The molecule has 3 nitrogen and oxygen atoms in total. The van der Waals surface area contributed by atoms with Crippen LogP contribution in [0.3, 0.4) is 0 Å². The summed E-state index contributed by atoms with van der Waals surface area (Å²) in [6.07, 6.45) is 4.85. The molecule has 2 aliphatic carbocycles. The Hall–Kier alpha value is -1.51. The number of ketones is 1. The molecule has 1 aliphatic heterocycles. The molecule has 2 fully saturated rings. The fourth-order valence-electron chi connectivity index (χ4n) is 5.27. The third-order valence-electron chi connectivity index (χ3n) is 6.34. The number of carbonyl (C=O) groups excluding carboxylic acids is 1. The Balaban J connectivity index is 1.73. The van der Waals surface area contributed by atoms with Gasteiger partial charge in [-0.25, -0.2) is 0 Å². The van der Waals surface area contributed by atoms with E-state index in [-0.39, 0.29) is 11.2 Å². The number of phenols is 1. The van der Waals surface area contributed by atoms with Gasteiger partial charge in [-0.15, -0.1) is 0 Å². The first kappa shape index (κ1) is 13.2. The van der Waals surface area contributed by atoms with E-state index in [0.29, 0.717) is 30.1 Å². The molecule has 0 saturated heterocycles. The van der Waals surface area contributed by atoms with E-state index < -0.39 is 0 Å². The summed E-state index contributed by atoms with van der Waals surface area (Å²) in [7, 11) is 0. The summed E-state index contributed by atoms with van der Waals surface area (Å²) >= 11 is 0. The van der Waals surface area contributed by atoms with E-state index >= 15 is 0 Å². The first-order valence-electron chi connectivity index (χ1n) is 8.15. The minimum atomic E-state index is -0.0705. The smallest absolute Gasteiger partial charge is 0.139 e. The number of aromatic hydroxyl groups is 1. The van der Waals surface area contributed by atoms with Crippen molar-refractivity contribution in [1.29, 1.82) is 0 Å². The molecular formula is C18H22O3. The largest absolute Gasteiger partial charge is 0.508 e. The van der Waals surface area contributed by atoms with E-state index in [0.717, 1.165) is 37.9 Å². The highest BCUT2D eigenvalue weighted by Gasteiger charge is 2.56. The van der Waals surface area contributed by atoms with Crippen LogP contribution in [0.2, 0.25) is 0 Å². The molecule has 3 aliphatic rings. The molecule has 1 aromatic rings. The zero-order chi connectivity index (χ0) is 14.6. The molecule has 4 atom stereocenters. The second-order valence-corrected chi connectivity index (χ2v) is 6.92. The van der Waals surface area contributed by atoms with Crippen molar-refractivity contribution < 1.29 is 14.6 Å². The summed E-state index contributed by atoms with van der Waals surface area (Å²) < 4.78 is 5.94. The van der Waals surface area contributed by atoms with Crippen molar-refractivity contribution in [2.45, 2.75) is 44.9 Å². The van der Waals surface area contributed by atoms with Crippen LogP contribution in [0.4, 0.5) is 0 Å². The molecule has 112 valence electrons. The monoisotopic (exact) mass is 286 g/mol. The highest BCUT2D eigenvalue weighted by Crippen LogP contribution is 2.60. The second-order valence-electron chi connectivity index (χ2n) is 6.92. The van der Waals surface area contributed by atoms with E-state index in [1.165, 1.54) is 5.56 Å². The predicted octanol–water partition coefficient (Wildman–Crippen LogP) is 3.65. The average molecular weight is 286 g/mol. The lowest BCUT2D eigenvalue weighted by atomic mass is 9.57. The van der Waals surface area contributed by atoms with Crippen LogP contribution in [0, 0.1) is 17.3 Å². The third kappa shape index (κ3) is 1.69. The number of fused-ring (bicyclic) bond motifs is 5. The number of carbonyl (C=O) groups is 1. The summed E-state index contributed by atoms with van der Waals surface area (Å²) in [6.45, 7) is 2.87. The molecule has 2 saturated carbocycles. The highest BCUT2D eigenvalue weighted by atomic mass is 16.5. The number of ether oxygens (including phenoxy) is 1. The minimum Gasteiger partial charge on any atom is -0.508 e. The van der Waals surface area contributed by atoms with E-state index in [2.05, 4.69) is 6.92 Å². The SMILES string of the molecule is CC[C@]12CC[C@@H]3c4ccc(O)cc4OC[C@@H]3[C@@H]1CCC2=O. The first-order chi connectivity index (χ1) is 10.2. The molecule has 3 heteroatoms. The molecule has 1 N–H and O–H groups in total. The lowest BCUT2D eigenvalue weighted by Crippen LogP contribution is -2.45. The van der Waals surface area contributed by atoms with Crippen molar-refractivity contribution >= 4 is 5.78 Å². The van der Waals surface area contributed by atoms with Gasteiger partial charge in [0.25, 0.3) is 0 Å². The van der Waals surface area contributed by atoms with Crippen LogP contribution in [-0.4, -0.2) is 17.5 Å². The number of rotatable bonds is 1. The van der Waals surface area contributed by atoms with Gasteiger partial charge >= 0.3 is 0 Å². The maximum atomic E-state index is 12.5. The quantitative estimate of drug-likeness (QED) is 0.857. The predicted molar refractivity (Wildman–Crippen MR) is 79.5 cm³/mol. The topological polar surface area (TPSA) is 46.5 Å². The van der Waals surface area contributed by atoms with Crippen LogP contribution >= 0.6 is 0 Å². The molecule has 1 heterocycles. The molecule has 21 heavy (non-hydrogen) atoms. The number of Topliss-reactive ketones (excluding diaryl/α,β-unsaturated/α-hetero) is 1. The lowest BCUT2D eigenvalue weighted by molar-refractivity contribution is -0.131. The van der Waals surface area contributed by atoms with Crippen LogP contribution in [0.15, 0.2) is 18.2 Å². The van der Waals surface area contributed by atoms with E-state index in [1.54, 1.807) is 12.1 Å². The Labute approximate surface area is 125 Å². The van der Waals surface area contributed by atoms with Crippen LogP contribution < -0.4 is 4.74 Å². The van der Waals surface area contributed by atoms with Crippen LogP contribution in [0.5, 0.6) is 11.5 Å². The number of hydrogen-bond acceptors (Lipinski definition) is 3. The minimum absolute atomic E-state index is 0.0705. The van der Waals surface area contributed by atoms with E-state index in [4.69, 9.17) is 4.74 Å². The summed E-state index contributed by atoms with van der Waals surface area (Å²) in [5.74, 6) is 3.03. The summed E-state index contributed by atoms with van der Waals surface area (Å²) in [5, 5.41) is 9.62. The highest BCUT2D eigenvalue weighted by molar-refractivity contribution is 5.87. The molecular weight excluding hydrogens is 264 g/mol.